The molecule has 4 aromatic rings. The van der Waals surface area contributed by atoms with Gasteiger partial charge >= 0.3 is 6.03 Å². The number of urea groups is 1. The van der Waals surface area contributed by atoms with Crippen molar-refractivity contribution in [1.29, 1.82) is 0 Å². The Bertz CT molecular complexity index is 1490. The van der Waals surface area contributed by atoms with E-state index in [1.165, 1.54) is 5.56 Å². The molecule has 1 N–H and O–H groups in total. The Morgan fingerprint density at radius 3 is 2.42 bits per heavy atom. The average Bonchev–Trinajstić information content (AvgIpc) is 3.66. The highest BCUT2D eigenvalue weighted by Crippen LogP contribution is 2.43. The summed E-state index contributed by atoms with van der Waals surface area (Å²) in [5.41, 5.74) is 5.55. The Hall–Kier alpha value is -4.03. The number of aromatic nitrogens is 1. The molecule has 1 aliphatic heterocycles. The monoisotopic (exact) mass is 524 g/mol. The fourth-order valence-corrected chi connectivity index (χ4v) is 5.45. The third kappa shape index (κ3) is 4.56. The molecule has 6 nitrogen and oxygen atoms in total. The van der Waals surface area contributed by atoms with E-state index in [-0.39, 0.29) is 30.6 Å². The zero-order valence-electron chi connectivity index (χ0n) is 21.2. The van der Waals surface area contributed by atoms with Crippen LogP contribution in [0.25, 0.3) is 5.69 Å². The molecule has 3 aromatic carbocycles. The normalized spacial score (nSPS) is 15.9. The summed E-state index contributed by atoms with van der Waals surface area (Å²) < 4.78 is 2.12. The van der Waals surface area contributed by atoms with E-state index in [1.807, 2.05) is 96.0 Å². The molecule has 7 heteroatoms. The van der Waals surface area contributed by atoms with Crippen molar-refractivity contribution in [3.05, 3.63) is 113 Å². The van der Waals surface area contributed by atoms with E-state index < -0.39 is 0 Å². The number of nitrogens with zero attached hydrogens (tertiary/aromatic N) is 3. The van der Waals surface area contributed by atoms with Crippen LogP contribution in [0.4, 0.5) is 16.2 Å². The van der Waals surface area contributed by atoms with Gasteiger partial charge in [-0.1, -0.05) is 54.9 Å². The standard InChI is InChI=1S/C31H29ClN4O2/c1-2-21-12-14-24(15-13-21)33-31(38)35(25-16-17-25)20-29(37)36-27-10-4-3-9-26(27)34-18-6-11-28(34)30(36)22-7-5-8-23(32)19-22/h3-15,18-19,25,30H,2,16-17,20H2,1H3,(H,33,38). The first-order chi connectivity index (χ1) is 18.5. The molecule has 0 radical (unpaired) electrons. The van der Waals surface area contributed by atoms with Gasteiger partial charge in [0, 0.05) is 22.9 Å². The largest absolute Gasteiger partial charge is 0.322 e. The van der Waals surface area contributed by atoms with Crippen molar-refractivity contribution >= 4 is 34.9 Å². The highest BCUT2D eigenvalue weighted by atomic mass is 35.5. The Kier molecular flexibility index (Phi) is 6.42. The quantitative estimate of drug-likeness (QED) is 0.300. The van der Waals surface area contributed by atoms with Crippen LogP contribution >= 0.6 is 11.6 Å². The molecule has 1 unspecified atom stereocenters. The van der Waals surface area contributed by atoms with E-state index in [9.17, 15) is 9.59 Å². The number of aryl methyl sites for hydroxylation is 1. The molecule has 192 valence electrons. The van der Waals surface area contributed by atoms with Crippen molar-refractivity contribution in [1.82, 2.24) is 9.47 Å². The minimum absolute atomic E-state index is 0.0182. The maximum Gasteiger partial charge on any atom is 0.322 e. The summed E-state index contributed by atoms with van der Waals surface area (Å²) in [5, 5.41) is 3.61. The number of benzene rings is 3. The third-order valence-corrected chi connectivity index (χ3v) is 7.56. The predicted octanol–water partition coefficient (Wildman–Crippen LogP) is 6.83. The zero-order valence-corrected chi connectivity index (χ0v) is 21.9. The van der Waals surface area contributed by atoms with Crippen molar-refractivity contribution in [2.24, 2.45) is 0 Å². The molecular weight excluding hydrogens is 496 g/mol. The van der Waals surface area contributed by atoms with E-state index in [2.05, 4.69) is 16.8 Å². The fourth-order valence-electron chi connectivity index (χ4n) is 5.25. The van der Waals surface area contributed by atoms with Gasteiger partial charge in [-0.05, 0) is 78.9 Å². The number of hydrogen-bond donors (Lipinski definition) is 1. The SMILES string of the molecule is CCc1ccc(NC(=O)N(CC(=O)N2c3ccccc3-n3cccc3C2c2cccc(Cl)c2)C2CC2)cc1. The first-order valence-corrected chi connectivity index (χ1v) is 13.4. The smallest absolute Gasteiger partial charge is 0.316 e. The summed E-state index contributed by atoms with van der Waals surface area (Å²) >= 11 is 6.39. The van der Waals surface area contributed by atoms with E-state index in [0.29, 0.717) is 5.02 Å². The number of anilines is 2. The lowest BCUT2D eigenvalue weighted by Gasteiger charge is -2.39. The summed E-state index contributed by atoms with van der Waals surface area (Å²) in [6.07, 6.45) is 4.74. The molecule has 1 atom stereocenters. The number of carbonyl (C=O) groups excluding carboxylic acids is 2. The van der Waals surface area contributed by atoms with Crippen LogP contribution in [-0.4, -0.2) is 34.0 Å². The summed E-state index contributed by atoms with van der Waals surface area (Å²) in [7, 11) is 0. The minimum Gasteiger partial charge on any atom is -0.316 e. The Morgan fingerprint density at radius 2 is 1.71 bits per heavy atom. The molecule has 0 bridgehead atoms. The van der Waals surface area contributed by atoms with Crippen molar-refractivity contribution in [3.8, 4) is 5.69 Å². The van der Waals surface area contributed by atoms with Crippen molar-refractivity contribution in [3.63, 3.8) is 0 Å². The number of rotatable bonds is 6. The van der Waals surface area contributed by atoms with Crippen LogP contribution in [0.2, 0.25) is 5.02 Å². The Labute approximate surface area is 227 Å². The number of amides is 3. The Morgan fingerprint density at radius 1 is 0.947 bits per heavy atom. The predicted molar refractivity (Wildman–Crippen MR) is 151 cm³/mol. The topological polar surface area (TPSA) is 57.6 Å². The lowest BCUT2D eigenvalue weighted by molar-refractivity contribution is -0.119. The fraction of sp³-hybridized carbons (Fsp3) is 0.226. The van der Waals surface area contributed by atoms with Gasteiger partial charge in [-0.15, -0.1) is 0 Å². The second-order valence-electron chi connectivity index (χ2n) is 9.85. The zero-order chi connectivity index (χ0) is 26.2. The summed E-state index contributed by atoms with van der Waals surface area (Å²) in [4.78, 5) is 31.1. The molecule has 0 spiro atoms. The summed E-state index contributed by atoms with van der Waals surface area (Å²) in [6.45, 7) is 2.08. The molecule has 6 rings (SSSR count). The number of fused-ring (bicyclic) bond motifs is 3. The molecule has 2 aliphatic rings. The molecule has 1 aliphatic carbocycles. The van der Waals surface area contributed by atoms with Crippen LogP contribution in [0.3, 0.4) is 0 Å². The van der Waals surface area contributed by atoms with E-state index in [1.54, 1.807) is 4.90 Å². The highest BCUT2D eigenvalue weighted by molar-refractivity contribution is 6.30. The number of nitrogens with one attached hydrogen (secondary N) is 1. The number of para-hydroxylation sites is 2. The lowest BCUT2D eigenvalue weighted by Crippen LogP contribution is -2.48. The second-order valence-corrected chi connectivity index (χ2v) is 10.3. The third-order valence-electron chi connectivity index (χ3n) is 7.32. The maximum atomic E-state index is 14.2. The van der Waals surface area contributed by atoms with Gasteiger partial charge < -0.3 is 14.8 Å². The van der Waals surface area contributed by atoms with E-state index >= 15 is 0 Å². The molecule has 1 aromatic heterocycles. The van der Waals surface area contributed by atoms with Gasteiger partial charge in [0.15, 0.2) is 0 Å². The first kappa shape index (κ1) is 24.3. The van der Waals surface area contributed by atoms with Gasteiger partial charge in [0.05, 0.1) is 17.1 Å². The number of carbonyl (C=O) groups is 2. The number of halogens is 1. The van der Waals surface area contributed by atoms with Crippen molar-refractivity contribution < 1.29 is 9.59 Å². The minimum atomic E-state index is -0.378. The van der Waals surface area contributed by atoms with Gasteiger partial charge in [0.25, 0.3) is 0 Å². The number of hydrogen-bond acceptors (Lipinski definition) is 2. The highest BCUT2D eigenvalue weighted by Gasteiger charge is 2.40. The molecule has 2 heterocycles. The molecule has 1 fully saturated rings. The van der Waals surface area contributed by atoms with E-state index in [4.69, 9.17) is 11.6 Å². The maximum absolute atomic E-state index is 14.2. The molecule has 0 saturated heterocycles. The average molecular weight is 525 g/mol. The van der Waals surface area contributed by atoms with Gasteiger partial charge in [0.1, 0.15) is 12.6 Å². The summed E-state index contributed by atoms with van der Waals surface area (Å²) in [5.74, 6) is -0.141. The van der Waals surface area contributed by atoms with Crippen molar-refractivity contribution in [2.75, 3.05) is 16.8 Å². The van der Waals surface area contributed by atoms with Gasteiger partial charge in [-0.25, -0.2) is 4.79 Å². The lowest BCUT2D eigenvalue weighted by atomic mass is 9.97. The Balaban J connectivity index is 1.34. The molecule has 3 amide bonds. The van der Waals surface area contributed by atoms with Crippen LogP contribution < -0.4 is 10.2 Å². The molecule has 38 heavy (non-hydrogen) atoms. The van der Waals surface area contributed by atoms with Gasteiger partial charge in [-0.2, -0.15) is 0 Å². The van der Waals surface area contributed by atoms with Gasteiger partial charge in [-0.3, -0.25) is 9.69 Å². The molecule has 1 saturated carbocycles. The summed E-state index contributed by atoms with van der Waals surface area (Å²) in [6, 6.07) is 26.8. The first-order valence-electron chi connectivity index (χ1n) is 13.0. The van der Waals surface area contributed by atoms with Crippen LogP contribution in [0.5, 0.6) is 0 Å². The second kappa shape index (κ2) is 10.0. The van der Waals surface area contributed by atoms with Crippen LogP contribution in [0.1, 0.15) is 42.6 Å². The van der Waals surface area contributed by atoms with Crippen LogP contribution in [-0.2, 0) is 11.2 Å². The van der Waals surface area contributed by atoms with Crippen molar-refractivity contribution in [2.45, 2.75) is 38.3 Å². The van der Waals surface area contributed by atoms with E-state index in [0.717, 1.165) is 47.6 Å². The van der Waals surface area contributed by atoms with Crippen LogP contribution in [0.15, 0.2) is 91.1 Å². The van der Waals surface area contributed by atoms with Crippen LogP contribution in [0, 0.1) is 0 Å². The molecular formula is C31H29ClN4O2. The van der Waals surface area contributed by atoms with Gasteiger partial charge in [0.2, 0.25) is 5.91 Å².